The zero-order valence-electron chi connectivity index (χ0n) is 24.3. The highest BCUT2D eigenvalue weighted by atomic mass is 28.4. The van der Waals surface area contributed by atoms with Crippen LogP contribution < -0.4 is 9.64 Å². The molecule has 10 nitrogen and oxygen atoms in total. The number of amides is 2. The standard InChI is InChI=1S/C30H40N2O8Si/c1-19-29(38-3)23-15-22(32-27(36)17-28(32)39-20(2)34)11-12-24(23)40-30(19)25(41(4,5)37)16-26(35)31(13-14-33)18-21-9-7-6-8-10-21/h6-12,15,19,25,28-30,33,37H,13-14,16-18H2,1-5H3/t19-,25?,28?,29-,30-/m0/s1. The first kappa shape index (κ1) is 30.7. The number of carbonyl (C=O) groups excluding carboxylic acids is 3. The molecular weight excluding hydrogens is 544 g/mol. The van der Waals surface area contributed by atoms with Crippen LogP contribution in [0.15, 0.2) is 48.5 Å². The number of hydrogen-bond donors (Lipinski definition) is 2. The van der Waals surface area contributed by atoms with Crippen molar-refractivity contribution in [2.45, 2.75) is 70.3 Å². The number of carbonyl (C=O) groups is 3. The average Bonchev–Trinajstić information content (AvgIpc) is 2.90. The average molecular weight is 585 g/mol. The Hall–Kier alpha value is -3.25. The fourth-order valence-electron chi connectivity index (χ4n) is 5.80. The van der Waals surface area contributed by atoms with Crippen molar-refractivity contribution in [3.63, 3.8) is 0 Å². The number of aliphatic hydroxyl groups excluding tert-OH is 1. The summed E-state index contributed by atoms with van der Waals surface area (Å²) in [7, 11) is -1.36. The lowest BCUT2D eigenvalue weighted by Gasteiger charge is -2.44. The molecular formula is C30H40N2O8Si. The van der Waals surface area contributed by atoms with E-state index in [-0.39, 0.29) is 43.7 Å². The van der Waals surface area contributed by atoms with E-state index >= 15 is 0 Å². The number of β-lactam (4-membered cyclic amide) rings is 1. The number of ether oxygens (including phenoxy) is 3. The molecule has 0 aromatic heterocycles. The first-order valence-corrected chi connectivity index (χ1v) is 16.9. The molecule has 4 rings (SSSR count). The van der Waals surface area contributed by atoms with Gasteiger partial charge >= 0.3 is 5.97 Å². The predicted molar refractivity (Wildman–Crippen MR) is 154 cm³/mol. The van der Waals surface area contributed by atoms with Gasteiger partial charge in [0.1, 0.15) is 11.9 Å². The molecule has 0 spiro atoms. The molecule has 2 N–H and O–H groups in total. The summed E-state index contributed by atoms with van der Waals surface area (Å²) in [6.07, 6.45) is -1.40. The Morgan fingerprint density at radius 3 is 2.49 bits per heavy atom. The van der Waals surface area contributed by atoms with Gasteiger partial charge in [-0.3, -0.25) is 19.3 Å². The number of rotatable bonds is 11. The first-order chi connectivity index (χ1) is 19.4. The number of hydrogen-bond acceptors (Lipinski definition) is 8. The largest absolute Gasteiger partial charge is 0.490 e. The quantitative estimate of drug-likeness (QED) is 0.234. The van der Waals surface area contributed by atoms with Gasteiger partial charge in [-0.25, -0.2) is 0 Å². The van der Waals surface area contributed by atoms with Crippen molar-refractivity contribution in [2.75, 3.05) is 25.2 Å². The summed E-state index contributed by atoms with van der Waals surface area (Å²) in [5.74, 6) is -0.467. The maximum atomic E-state index is 13.6. The summed E-state index contributed by atoms with van der Waals surface area (Å²) < 4.78 is 17.7. The SMILES string of the molecule is CO[C@@H]1c2cc(N3C(=O)CC3OC(C)=O)ccc2O[C@H](C(CC(=O)N(CCO)Cc2ccccc2)[Si](C)(C)O)[C@H]1C. The van der Waals surface area contributed by atoms with Gasteiger partial charge in [-0.05, 0) is 36.9 Å². The molecule has 2 aromatic carbocycles. The van der Waals surface area contributed by atoms with Crippen molar-refractivity contribution in [1.29, 1.82) is 0 Å². The predicted octanol–water partition coefficient (Wildman–Crippen LogP) is 3.38. The van der Waals surface area contributed by atoms with Crippen LogP contribution in [-0.2, 0) is 30.4 Å². The van der Waals surface area contributed by atoms with Gasteiger partial charge < -0.3 is 29.0 Å². The van der Waals surface area contributed by atoms with Gasteiger partial charge in [-0.2, -0.15) is 0 Å². The zero-order chi connectivity index (χ0) is 29.9. The van der Waals surface area contributed by atoms with Gasteiger partial charge in [0.15, 0.2) is 14.5 Å². The maximum absolute atomic E-state index is 13.6. The number of anilines is 1. The van der Waals surface area contributed by atoms with Crippen LogP contribution in [0.4, 0.5) is 5.69 Å². The van der Waals surface area contributed by atoms with Crippen LogP contribution in [0.3, 0.4) is 0 Å². The highest BCUT2D eigenvalue weighted by Gasteiger charge is 2.48. The summed E-state index contributed by atoms with van der Waals surface area (Å²) in [5.41, 5.74) is 1.81. The summed E-state index contributed by atoms with van der Waals surface area (Å²) in [6, 6.07) is 14.9. The minimum Gasteiger partial charge on any atom is -0.490 e. The molecule has 2 heterocycles. The highest BCUT2D eigenvalue weighted by molar-refractivity contribution is 6.71. The molecule has 2 aliphatic heterocycles. The van der Waals surface area contributed by atoms with Gasteiger partial charge in [0, 0.05) is 56.3 Å². The first-order valence-electron chi connectivity index (χ1n) is 13.9. The summed E-state index contributed by atoms with van der Waals surface area (Å²) in [5, 5.41) is 9.66. The lowest BCUT2D eigenvalue weighted by Crippen LogP contribution is -2.55. The topological polar surface area (TPSA) is 126 Å². The Morgan fingerprint density at radius 1 is 1.20 bits per heavy atom. The molecule has 0 bridgehead atoms. The van der Waals surface area contributed by atoms with Crippen LogP contribution in [0.5, 0.6) is 5.75 Å². The minimum absolute atomic E-state index is 0.0633. The Labute approximate surface area is 241 Å². The van der Waals surface area contributed by atoms with Gasteiger partial charge in [0.05, 0.1) is 19.1 Å². The van der Waals surface area contributed by atoms with Crippen LogP contribution in [0.1, 0.15) is 43.9 Å². The number of methoxy groups -OCH3 is 1. The van der Waals surface area contributed by atoms with E-state index in [0.717, 1.165) is 11.1 Å². The van der Waals surface area contributed by atoms with E-state index in [2.05, 4.69) is 0 Å². The van der Waals surface area contributed by atoms with Gasteiger partial charge in [-0.1, -0.05) is 37.3 Å². The Balaban J connectivity index is 1.59. The molecule has 2 unspecified atom stereocenters. The van der Waals surface area contributed by atoms with Crippen LogP contribution in [0.25, 0.3) is 0 Å². The summed E-state index contributed by atoms with van der Waals surface area (Å²) in [6.45, 7) is 7.26. The van der Waals surface area contributed by atoms with E-state index in [1.54, 1.807) is 37.2 Å². The zero-order valence-corrected chi connectivity index (χ0v) is 25.3. The molecule has 11 heteroatoms. The smallest absolute Gasteiger partial charge is 0.304 e. The van der Waals surface area contributed by atoms with E-state index in [0.29, 0.717) is 18.0 Å². The van der Waals surface area contributed by atoms with Gasteiger partial charge in [-0.15, -0.1) is 0 Å². The van der Waals surface area contributed by atoms with Crippen molar-refractivity contribution >= 4 is 31.8 Å². The number of nitrogens with zero attached hydrogens (tertiary/aromatic N) is 2. The molecule has 2 aromatic rings. The Kier molecular flexibility index (Phi) is 9.53. The molecule has 41 heavy (non-hydrogen) atoms. The van der Waals surface area contributed by atoms with Crippen LogP contribution in [-0.4, -0.2) is 73.5 Å². The number of aliphatic hydroxyl groups is 1. The van der Waals surface area contributed by atoms with Crippen molar-refractivity contribution in [3.8, 4) is 5.75 Å². The van der Waals surface area contributed by atoms with E-state index < -0.39 is 38.3 Å². The lowest BCUT2D eigenvalue weighted by atomic mass is 9.86. The third-order valence-electron chi connectivity index (χ3n) is 7.94. The van der Waals surface area contributed by atoms with Crippen LogP contribution >= 0.6 is 0 Å². The number of fused-ring (bicyclic) bond motifs is 1. The number of esters is 1. The second-order valence-corrected chi connectivity index (χ2v) is 15.4. The summed E-state index contributed by atoms with van der Waals surface area (Å²) in [4.78, 5) is 51.9. The van der Waals surface area contributed by atoms with Crippen molar-refractivity contribution < 1.29 is 38.5 Å². The molecule has 2 amide bonds. The molecule has 1 saturated heterocycles. The molecule has 0 aliphatic carbocycles. The monoisotopic (exact) mass is 584 g/mol. The summed E-state index contributed by atoms with van der Waals surface area (Å²) >= 11 is 0. The Bertz CT molecular complexity index is 1250. The second-order valence-electron chi connectivity index (χ2n) is 11.3. The maximum Gasteiger partial charge on any atom is 0.304 e. The van der Waals surface area contributed by atoms with Gasteiger partial charge in [0.25, 0.3) is 0 Å². The molecule has 0 radical (unpaired) electrons. The van der Waals surface area contributed by atoms with Crippen LogP contribution in [0.2, 0.25) is 18.6 Å². The third-order valence-corrected chi connectivity index (χ3v) is 10.3. The van der Waals surface area contributed by atoms with E-state index in [4.69, 9.17) is 14.2 Å². The fraction of sp³-hybridized carbons (Fsp3) is 0.500. The molecule has 5 atom stereocenters. The Morgan fingerprint density at radius 2 is 1.90 bits per heavy atom. The highest BCUT2D eigenvalue weighted by Crippen LogP contribution is 2.48. The molecule has 0 saturated carbocycles. The normalized spacial score (nSPS) is 22.7. The lowest BCUT2D eigenvalue weighted by molar-refractivity contribution is -0.153. The van der Waals surface area contributed by atoms with E-state index in [1.807, 2.05) is 43.3 Å². The molecule has 1 fully saturated rings. The van der Waals surface area contributed by atoms with Crippen LogP contribution in [0, 0.1) is 5.92 Å². The minimum atomic E-state index is -2.95. The molecule has 222 valence electrons. The third kappa shape index (κ3) is 6.80. The van der Waals surface area contributed by atoms with E-state index in [1.165, 1.54) is 11.8 Å². The fourth-order valence-corrected chi connectivity index (χ4v) is 7.65. The van der Waals surface area contributed by atoms with Gasteiger partial charge in [0.2, 0.25) is 11.8 Å². The second kappa shape index (κ2) is 12.7. The van der Waals surface area contributed by atoms with Crippen molar-refractivity contribution in [3.05, 3.63) is 59.7 Å². The molecule has 2 aliphatic rings. The van der Waals surface area contributed by atoms with E-state index in [9.17, 15) is 24.3 Å². The number of benzene rings is 2. The van der Waals surface area contributed by atoms with Crippen molar-refractivity contribution in [1.82, 2.24) is 4.90 Å². The van der Waals surface area contributed by atoms with Crippen molar-refractivity contribution in [2.24, 2.45) is 5.92 Å².